The highest BCUT2D eigenvalue weighted by Crippen LogP contribution is 2.42. The Morgan fingerprint density at radius 1 is 1.35 bits per heavy atom. The zero-order chi connectivity index (χ0) is 12.6. The van der Waals surface area contributed by atoms with Gasteiger partial charge in [-0.25, -0.2) is 0 Å². The molecule has 0 heterocycles. The van der Waals surface area contributed by atoms with Crippen LogP contribution in [-0.2, 0) is 6.18 Å². The predicted octanol–water partition coefficient (Wildman–Crippen LogP) is 2.93. The highest BCUT2D eigenvalue weighted by atomic mass is 19.4. The molecule has 94 valence electrons. The van der Waals surface area contributed by atoms with E-state index in [1.165, 1.54) is 12.1 Å². The summed E-state index contributed by atoms with van der Waals surface area (Å²) in [7, 11) is 0. The summed E-state index contributed by atoms with van der Waals surface area (Å²) in [4.78, 5) is 0. The fraction of sp³-hybridized carbons (Fsp3) is 0.500. The van der Waals surface area contributed by atoms with Gasteiger partial charge in [-0.3, -0.25) is 11.3 Å². The van der Waals surface area contributed by atoms with Gasteiger partial charge in [0, 0.05) is 6.04 Å². The zero-order valence-electron chi connectivity index (χ0n) is 9.51. The highest BCUT2D eigenvalue weighted by Gasteiger charge is 2.34. The number of hydrogen-bond donors (Lipinski definition) is 2. The molecule has 0 aliphatic heterocycles. The van der Waals surface area contributed by atoms with Crippen LogP contribution in [0.3, 0.4) is 0 Å². The van der Waals surface area contributed by atoms with Crippen LogP contribution in [0.25, 0.3) is 0 Å². The minimum Gasteiger partial charge on any atom is -0.271 e. The largest absolute Gasteiger partial charge is 0.416 e. The van der Waals surface area contributed by atoms with Crippen molar-refractivity contribution in [3.63, 3.8) is 0 Å². The van der Waals surface area contributed by atoms with Crippen LogP contribution >= 0.6 is 0 Å². The molecule has 17 heavy (non-hydrogen) atoms. The molecule has 1 saturated carbocycles. The summed E-state index contributed by atoms with van der Waals surface area (Å²) in [6.45, 7) is 1.69. The van der Waals surface area contributed by atoms with Crippen molar-refractivity contribution in [1.82, 2.24) is 5.43 Å². The molecule has 1 unspecified atom stereocenters. The van der Waals surface area contributed by atoms with E-state index in [1.807, 2.05) is 0 Å². The Morgan fingerprint density at radius 3 is 2.41 bits per heavy atom. The lowest BCUT2D eigenvalue weighted by molar-refractivity contribution is -0.137. The second-order valence-corrected chi connectivity index (χ2v) is 4.55. The molecule has 3 N–H and O–H groups in total. The maximum absolute atomic E-state index is 12.5. The van der Waals surface area contributed by atoms with Gasteiger partial charge in [-0.2, -0.15) is 13.2 Å². The lowest BCUT2D eigenvalue weighted by Crippen LogP contribution is -2.30. The van der Waals surface area contributed by atoms with E-state index in [-0.39, 0.29) is 6.04 Å². The molecule has 1 aromatic carbocycles. The van der Waals surface area contributed by atoms with E-state index in [9.17, 15) is 13.2 Å². The van der Waals surface area contributed by atoms with E-state index < -0.39 is 11.7 Å². The van der Waals surface area contributed by atoms with Gasteiger partial charge in [0.15, 0.2) is 0 Å². The maximum Gasteiger partial charge on any atom is 0.416 e. The van der Waals surface area contributed by atoms with Crippen molar-refractivity contribution in [2.45, 2.75) is 32.0 Å². The predicted molar refractivity (Wildman–Crippen MR) is 59.0 cm³/mol. The van der Waals surface area contributed by atoms with Crippen LogP contribution in [0.2, 0.25) is 0 Å². The monoisotopic (exact) mass is 244 g/mol. The van der Waals surface area contributed by atoms with Gasteiger partial charge in [-0.1, -0.05) is 6.07 Å². The molecule has 0 saturated heterocycles. The maximum atomic E-state index is 12.5. The van der Waals surface area contributed by atoms with Crippen molar-refractivity contribution in [3.05, 3.63) is 34.9 Å². The van der Waals surface area contributed by atoms with Crippen LogP contribution in [0.4, 0.5) is 13.2 Å². The van der Waals surface area contributed by atoms with Crippen LogP contribution in [0.15, 0.2) is 18.2 Å². The van der Waals surface area contributed by atoms with Crippen LogP contribution in [-0.4, -0.2) is 0 Å². The average molecular weight is 244 g/mol. The van der Waals surface area contributed by atoms with Gasteiger partial charge in [0.25, 0.3) is 0 Å². The van der Waals surface area contributed by atoms with E-state index in [0.29, 0.717) is 11.5 Å². The van der Waals surface area contributed by atoms with Crippen LogP contribution < -0.4 is 11.3 Å². The molecule has 1 aliphatic carbocycles. The molecule has 0 radical (unpaired) electrons. The number of halogens is 3. The zero-order valence-corrected chi connectivity index (χ0v) is 9.51. The molecule has 1 aliphatic rings. The minimum atomic E-state index is -4.28. The Labute approximate surface area is 98.0 Å². The molecule has 2 rings (SSSR count). The number of rotatable bonds is 3. The van der Waals surface area contributed by atoms with Gasteiger partial charge >= 0.3 is 6.18 Å². The summed E-state index contributed by atoms with van der Waals surface area (Å²) in [6, 6.07) is 3.80. The second kappa shape index (κ2) is 4.31. The van der Waals surface area contributed by atoms with Crippen molar-refractivity contribution in [1.29, 1.82) is 0 Å². The first kappa shape index (κ1) is 12.4. The molecule has 1 fully saturated rings. The SMILES string of the molecule is Cc1cc(C(F)(F)F)ccc1C(NN)C1CC1. The topological polar surface area (TPSA) is 38.0 Å². The molecule has 1 atom stereocenters. The summed E-state index contributed by atoms with van der Waals surface area (Å²) in [6.07, 6.45) is -2.13. The molecule has 0 aromatic heterocycles. The van der Waals surface area contributed by atoms with Gasteiger partial charge in [-0.05, 0) is 48.9 Å². The number of nitrogens with two attached hydrogens (primary N) is 1. The van der Waals surface area contributed by atoms with Gasteiger partial charge in [0.2, 0.25) is 0 Å². The Kier molecular flexibility index (Phi) is 3.14. The number of hydrazine groups is 1. The van der Waals surface area contributed by atoms with E-state index in [2.05, 4.69) is 5.43 Å². The Bertz CT molecular complexity index is 411. The number of hydrogen-bond acceptors (Lipinski definition) is 2. The normalized spacial score (nSPS) is 18.2. The summed E-state index contributed by atoms with van der Waals surface area (Å²) in [5, 5.41) is 0. The molecular weight excluding hydrogens is 229 g/mol. The highest BCUT2D eigenvalue weighted by molar-refractivity contribution is 5.35. The smallest absolute Gasteiger partial charge is 0.271 e. The fourth-order valence-electron chi connectivity index (χ4n) is 2.11. The summed E-state index contributed by atoms with van der Waals surface area (Å²) < 4.78 is 37.5. The fourth-order valence-corrected chi connectivity index (χ4v) is 2.11. The molecule has 0 amide bonds. The molecule has 1 aromatic rings. The average Bonchev–Trinajstić information content (AvgIpc) is 3.04. The number of alkyl halides is 3. The second-order valence-electron chi connectivity index (χ2n) is 4.55. The third-order valence-corrected chi connectivity index (χ3v) is 3.21. The standard InChI is InChI=1S/C12H15F3N2/c1-7-6-9(12(13,14)15)4-5-10(7)11(17-16)8-2-3-8/h4-6,8,11,17H,2-3,16H2,1H3. The van der Waals surface area contributed by atoms with E-state index >= 15 is 0 Å². The lowest BCUT2D eigenvalue weighted by atomic mass is 9.96. The summed E-state index contributed by atoms with van der Waals surface area (Å²) >= 11 is 0. The first-order chi connectivity index (χ1) is 7.93. The van der Waals surface area contributed by atoms with Crippen LogP contribution in [0, 0.1) is 12.8 Å². The Balaban J connectivity index is 2.30. The van der Waals surface area contributed by atoms with E-state index in [0.717, 1.165) is 24.5 Å². The molecule has 5 heteroatoms. The Hall–Kier alpha value is -1.07. The van der Waals surface area contributed by atoms with Gasteiger partial charge in [0.1, 0.15) is 0 Å². The quantitative estimate of drug-likeness (QED) is 0.633. The Morgan fingerprint density at radius 2 is 2.00 bits per heavy atom. The van der Waals surface area contributed by atoms with Crippen molar-refractivity contribution in [2.75, 3.05) is 0 Å². The first-order valence-electron chi connectivity index (χ1n) is 5.57. The minimum absolute atomic E-state index is 0.0303. The van der Waals surface area contributed by atoms with Gasteiger partial charge in [0.05, 0.1) is 5.56 Å². The number of nitrogens with one attached hydrogen (secondary N) is 1. The van der Waals surface area contributed by atoms with Crippen molar-refractivity contribution in [2.24, 2.45) is 11.8 Å². The molecule has 0 bridgehead atoms. The van der Waals surface area contributed by atoms with Gasteiger partial charge < -0.3 is 0 Å². The number of benzene rings is 1. The summed E-state index contributed by atoms with van der Waals surface area (Å²) in [5.41, 5.74) is 3.59. The van der Waals surface area contributed by atoms with Crippen molar-refractivity contribution < 1.29 is 13.2 Å². The number of aryl methyl sites for hydroxylation is 1. The van der Waals surface area contributed by atoms with Crippen LogP contribution in [0.5, 0.6) is 0 Å². The van der Waals surface area contributed by atoms with Crippen molar-refractivity contribution in [3.8, 4) is 0 Å². The third kappa shape index (κ3) is 2.61. The van der Waals surface area contributed by atoms with Crippen molar-refractivity contribution >= 4 is 0 Å². The summed E-state index contributed by atoms with van der Waals surface area (Å²) in [5.74, 6) is 5.92. The molecule has 0 spiro atoms. The first-order valence-corrected chi connectivity index (χ1v) is 5.57. The molecular formula is C12H15F3N2. The van der Waals surface area contributed by atoms with E-state index in [4.69, 9.17) is 5.84 Å². The molecule has 2 nitrogen and oxygen atoms in total. The van der Waals surface area contributed by atoms with Gasteiger partial charge in [-0.15, -0.1) is 0 Å². The lowest BCUT2D eigenvalue weighted by Gasteiger charge is -2.19. The van der Waals surface area contributed by atoms with E-state index in [1.54, 1.807) is 6.92 Å². The third-order valence-electron chi connectivity index (χ3n) is 3.21. The van der Waals surface area contributed by atoms with Crippen LogP contribution in [0.1, 0.15) is 35.6 Å².